The second-order valence-corrected chi connectivity index (χ2v) is 5.24. The lowest BCUT2D eigenvalue weighted by molar-refractivity contribution is -0.137. The highest BCUT2D eigenvalue weighted by Gasteiger charge is 2.16. The molecular formula is C11H18ClN3O2S. The Morgan fingerprint density at radius 2 is 2.28 bits per heavy atom. The molecule has 0 aliphatic rings. The van der Waals surface area contributed by atoms with Crippen molar-refractivity contribution in [3.63, 3.8) is 0 Å². The number of thioether (sulfide) groups is 1. The molecular weight excluding hydrogens is 274 g/mol. The van der Waals surface area contributed by atoms with Crippen LogP contribution in [0.4, 0.5) is 0 Å². The van der Waals surface area contributed by atoms with Crippen LogP contribution in [-0.2, 0) is 23.5 Å². The third-order valence-electron chi connectivity index (χ3n) is 2.55. The van der Waals surface area contributed by atoms with Gasteiger partial charge in [0, 0.05) is 18.1 Å². The molecule has 1 rings (SSSR count). The minimum atomic E-state index is -0.980. The van der Waals surface area contributed by atoms with Crippen LogP contribution < -0.4 is 5.73 Å². The van der Waals surface area contributed by atoms with Crippen molar-refractivity contribution < 1.29 is 9.90 Å². The quantitative estimate of drug-likeness (QED) is 0.800. The average Bonchev–Trinajstić information content (AvgIpc) is 2.65. The fourth-order valence-corrected chi connectivity index (χ4v) is 2.93. The number of nitrogens with two attached hydrogens (primary N) is 1. The zero-order valence-corrected chi connectivity index (χ0v) is 12.1. The molecule has 0 spiro atoms. The summed E-state index contributed by atoms with van der Waals surface area (Å²) in [5, 5.41) is 13.8. The minimum Gasteiger partial charge on any atom is -0.480 e. The van der Waals surface area contributed by atoms with Gasteiger partial charge in [0.1, 0.15) is 6.04 Å². The van der Waals surface area contributed by atoms with Crippen molar-refractivity contribution in [2.24, 2.45) is 5.73 Å². The van der Waals surface area contributed by atoms with Gasteiger partial charge in [-0.15, -0.1) is 0 Å². The molecule has 0 radical (unpaired) electrons. The first-order valence-corrected chi connectivity index (χ1v) is 7.34. The first kappa shape index (κ1) is 15.3. The molecule has 1 aromatic heterocycles. The predicted molar refractivity (Wildman–Crippen MR) is 74.1 cm³/mol. The van der Waals surface area contributed by atoms with Crippen LogP contribution in [0.3, 0.4) is 0 Å². The van der Waals surface area contributed by atoms with Gasteiger partial charge in [-0.25, -0.2) is 0 Å². The largest absolute Gasteiger partial charge is 0.480 e. The summed E-state index contributed by atoms with van der Waals surface area (Å²) in [5.74, 6) is 0.00898. The summed E-state index contributed by atoms with van der Waals surface area (Å²) in [4.78, 5) is 10.6. The smallest absolute Gasteiger partial charge is 0.321 e. The molecule has 5 nitrogen and oxygen atoms in total. The molecule has 7 heteroatoms. The summed E-state index contributed by atoms with van der Waals surface area (Å²) in [6.07, 6.45) is 0.790. The zero-order valence-electron chi connectivity index (χ0n) is 10.5. The molecule has 0 fully saturated rings. The molecule has 0 aliphatic carbocycles. The molecule has 0 saturated heterocycles. The molecule has 102 valence electrons. The van der Waals surface area contributed by atoms with Gasteiger partial charge in [0.25, 0.3) is 0 Å². The zero-order chi connectivity index (χ0) is 13.7. The number of aryl methyl sites for hydroxylation is 2. The second-order valence-electron chi connectivity index (χ2n) is 3.84. The molecule has 1 unspecified atom stereocenters. The molecule has 0 saturated carbocycles. The Labute approximate surface area is 116 Å². The second kappa shape index (κ2) is 7.01. The molecule has 1 heterocycles. The Morgan fingerprint density at radius 3 is 2.78 bits per heavy atom. The van der Waals surface area contributed by atoms with E-state index in [9.17, 15) is 4.79 Å². The summed E-state index contributed by atoms with van der Waals surface area (Å²) < 4.78 is 1.86. The van der Waals surface area contributed by atoms with Crippen LogP contribution in [0.2, 0.25) is 5.02 Å². The van der Waals surface area contributed by atoms with Crippen LogP contribution in [0, 0.1) is 0 Å². The lowest BCUT2D eigenvalue weighted by Gasteiger charge is -2.07. The maximum Gasteiger partial charge on any atom is 0.321 e. The highest BCUT2D eigenvalue weighted by atomic mass is 35.5. The van der Waals surface area contributed by atoms with Gasteiger partial charge in [0.2, 0.25) is 0 Å². The van der Waals surface area contributed by atoms with Gasteiger partial charge >= 0.3 is 5.97 Å². The van der Waals surface area contributed by atoms with Crippen LogP contribution in [0.15, 0.2) is 0 Å². The highest BCUT2D eigenvalue weighted by Crippen LogP contribution is 2.25. The summed E-state index contributed by atoms with van der Waals surface area (Å²) in [5.41, 5.74) is 7.27. The molecule has 0 amide bonds. The third kappa shape index (κ3) is 3.63. The fraction of sp³-hybridized carbons (Fsp3) is 0.636. The number of carbonyl (C=O) groups is 1. The number of hydrogen-bond acceptors (Lipinski definition) is 4. The molecule has 0 aromatic carbocycles. The Balaban J connectivity index is 2.66. The first-order valence-electron chi connectivity index (χ1n) is 5.81. The fourth-order valence-electron chi connectivity index (χ4n) is 1.51. The number of carboxylic acids is 1. The normalized spacial score (nSPS) is 12.7. The Morgan fingerprint density at radius 1 is 1.61 bits per heavy atom. The topological polar surface area (TPSA) is 81.1 Å². The van der Waals surface area contributed by atoms with E-state index in [2.05, 4.69) is 5.10 Å². The number of rotatable bonds is 7. The lowest BCUT2D eigenvalue weighted by atomic mass is 10.3. The number of halogens is 1. The molecule has 3 N–H and O–H groups in total. The molecule has 0 aliphatic heterocycles. The van der Waals surface area contributed by atoms with Crippen molar-refractivity contribution in [2.75, 3.05) is 5.75 Å². The van der Waals surface area contributed by atoms with Crippen LogP contribution in [-0.4, -0.2) is 32.7 Å². The minimum absolute atomic E-state index is 0.363. The number of nitrogens with zero attached hydrogens (tertiary/aromatic N) is 2. The van der Waals surface area contributed by atoms with Crippen molar-refractivity contribution in [1.29, 1.82) is 0 Å². The van der Waals surface area contributed by atoms with Crippen molar-refractivity contribution in [1.82, 2.24) is 9.78 Å². The first-order chi connectivity index (χ1) is 8.51. The van der Waals surface area contributed by atoms with E-state index in [4.69, 9.17) is 22.4 Å². The van der Waals surface area contributed by atoms with Crippen molar-refractivity contribution >= 4 is 29.3 Å². The van der Waals surface area contributed by atoms with Crippen molar-refractivity contribution in [2.45, 2.75) is 38.6 Å². The van der Waals surface area contributed by atoms with E-state index in [0.29, 0.717) is 16.5 Å². The van der Waals surface area contributed by atoms with E-state index >= 15 is 0 Å². The van der Waals surface area contributed by atoms with Gasteiger partial charge in [0.15, 0.2) is 0 Å². The maximum atomic E-state index is 10.6. The van der Waals surface area contributed by atoms with Gasteiger partial charge in [-0.2, -0.15) is 16.9 Å². The molecule has 0 bridgehead atoms. The van der Waals surface area contributed by atoms with Crippen LogP contribution in [0.1, 0.15) is 25.2 Å². The van der Waals surface area contributed by atoms with Gasteiger partial charge < -0.3 is 10.8 Å². The Bertz CT molecular complexity index is 423. The van der Waals surface area contributed by atoms with Crippen molar-refractivity contribution in [3.8, 4) is 0 Å². The average molecular weight is 292 g/mol. The molecule has 1 aromatic rings. The number of aromatic nitrogens is 2. The molecule has 1 atom stereocenters. The monoisotopic (exact) mass is 291 g/mol. The SMILES string of the molecule is CCc1nn(CC)c(CSCC(N)C(=O)O)c1Cl. The standard InChI is InChI=1S/C11H18ClN3O2S/c1-3-8-10(12)9(15(4-2)14-8)6-18-5-7(13)11(16)17/h7H,3-6,13H2,1-2H3,(H,16,17). The van der Waals surface area contributed by atoms with E-state index < -0.39 is 12.0 Å². The Kier molecular flexibility index (Phi) is 5.98. The van der Waals surface area contributed by atoms with E-state index in [1.807, 2.05) is 18.5 Å². The van der Waals surface area contributed by atoms with Gasteiger partial charge in [0.05, 0.1) is 16.4 Å². The summed E-state index contributed by atoms with van der Waals surface area (Å²) in [6, 6.07) is -0.836. The molecule has 18 heavy (non-hydrogen) atoms. The van der Waals surface area contributed by atoms with E-state index in [1.165, 1.54) is 11.8 Å². The van der Waals surface area contributed by atoms with E-state index in [1.54, 1.807) is 0 Å². The van der Waals surface area contributed by atoms with Gasteiger partial charge in [-0.3, -0.25) is 9.48 Å². The lowest BCUT2D eigenvalue weighted by Crippen LogP contribution is -2.32. The van der Waals surface area contributed by atoms with E-state index in [0.717, 1.165) is 24.4 Å². The van der Waals surface area contributed by atoms with Gasteiger partial charge in [-0.05, 0) is 13.3 Å². The Hall–Kier alpha value is -0.720. The van der Waals surface area contributed by atoms with E-state index in [-0.39, 0.29) is 0 Å². The number of aliphatic carboxylic acids is 1. The highest BCUT2D eigenvalue weighted by molar-refractivity contribution is 7.98. The van der Waals surface area contributed by atoms with Crippen LogP contribution in [0.25, 0.3) is 0 Å². The summed E-state index contributed by atoms with van der Waals surface area (Å²) >= 11 is 7.70. The number of hydrogen-bond donors (Lipinski definition) is 2. The van der Waals surface area contributed by atoms with Crippen LogP contribution >= 0.6 is 23.4 Å². The number of carboxylic acid groups (broad SMARTS) is 1. The van der Waals surface area contributed by atoms with Crippen LogP contribution in [0.5, 0.6) is 0 Å². The predicted octanol–water partition coefficient (Wildman–Crippen LogP) is 1.76. The summed E-state index contributed by atoms with van der Waals surface area (Å²) in [6.45, 7) is 4.76. The van der Waals surface area contributed by atoms with Crippen molar-refractivity contribution in [3.05, 3.63) is 16.4 Å². The third-order valence-corrected chi connectivity index (χ3v) is 4.06. The van der Waals surface area contributed by atoms with Gasteiger partial charge in [-0.1, -0.05) is 18.5 Å². The summed E-state index contributed by atoms with van der Waals surface area (Å²) in [7, 11) is 0. The maximum absolute atomic E-state index is 10.6.